The van der Waals surface area contributed by atoms with Gasteiger partial charge in [0.25, 0.3) is 0 Å². The Morgan fingerprint density at radius 3 is 1.50 bits per heavy atom. The van der Waals surface area contributed by atoms with E-state index in [1.165, 1.54) is 135 Å². The highest BCUT2D eigenvalue weighted by atomic mass is 16.5. The van der Waals surface area contributed by atoms with Crippen molar-refractivity contribution >= 4 is 5.97 Å². The Kier molecular flexibility index (Phi) is 15.3. The quantitative estimate of drug-likeness (QED) is 0.270. The third-order valence-electron chi connectivity index (χ3n) is 8.68. The minimum atomic E-state index is 0.00393. The molecule has 204 valence electrons. The summed E-state index contributed by atoms with van der Waals surface area (Å²) >= 11 is 0. The average molecular weight is 497 g/mol. The molecule has 36 heavy (non-hydrogen) atoms. The fourth-order valence-corrected chi connectivity index (χ4v) is 6.45. The molecular weight excluding hydrogens is 440 g/mol. The second-order valence-corrected chi connectivity index (χ2v) is 11.8. The minimum absolute atomic E-state index is 0.00393. The van der Waals surface area contributed by atoms with E-state index in [0.717, 1.165) is 31.4 Å². The molecular formula is C34H56O2. The largest absolute Gasteiger partial charge is 0.431 e. The van der Waals surface area contributed by atoms with Crippen molar-refractivity contribution in [2.75, 3.05) is 0 Å². The number of rotatable bonds is 6. The number of carbonyl (C=O) groups is 1. The van der Waals surface area contributed by atoms with E-state index in [1.54, 1.807) is 11.1 Å². The summed E-state index contributed by atoms with van der Waals surface area (Å²) in [5, 5.41) is 0. The van der Waals surface area contributed by atoms with Crippen LogP contribution in [-0.4, -0.2) is 5.97 Å². The number of hydrogen-bond acceptors (Lipinski definition) is 2. The molecule has 0 bridgehead atoms. The molecule has 0 heterocycles. The van der Waals surface area contributed by atoms with Crippen LogP contribution in [0.25, 0.3) is 0 Å². The summed E-state index contributed by atoms with van der Waals surface area (Å²) in [7, 11) is 0. The number of allylic oxidation sites excluding steroid dienone is 6. The molecule has 2 nitrogen and oxygen atoms in total. The molecule has 0 aromatic carbocycles. The first kappa shape index (κ1) is 29.2. The molecule has 3 aliphatic rings. The number of carbonyl (C=O) groups excluding carboxylic acids is 1. The van der Waals surface area contributed by atoms with Gasteiger partial charge in [-0.3, -0.25) is 4.79 Å². The smallest absolute Gasteiger partial charge is 0.310 e. The first-order valence-corrected chi connectivity index (χ1v) is 16.1. The summed E-state index contributed by atoms with van der Waals surface area (Å²) in [4.78, 5) is 13.1. The Bertz CT molecular complexity index is 664. The fraction of sp³-hybridized carbons (Fsp3) is 0.794. The van der Waals surface area contributed by atoms with Crippen molar-refractivity contribution in [3.05, 3.63) is 35.1 Å². The Morgan fingerprint density at radius 1 is 0.556 bits per heavy atom. The normalized spacial score (nSPS) is 23.3. The van der Waals surface area contributed by atoms with Crippen LogP contribution < -0.4 is 0 Å². The highest BCUT2D eigenvalue weighted by molar-refractivity contribution is 5.70. The van der Waals surface area contributed by atoms with Crippen molar-refractivity contribution in [3.8, 4) is 0 Å². The standard InChI is InChI=1S/C34H56O2/c35-34(36-32-26-20-14-8-3-9-15-21-27-32)29-28-33(30-22-16-10-4-1-5-11-17-23-30)31-24-18-12-6-2-7-13-19-25-31/h22,24,26,33H,1-21,23,25,27-29H2. The van der Waals surface area contributed by atoms with E-state index < -0.39 is 0 Å². The number of hydrogen-bond donors (Lipinski definition) is 0. The van der Waals surface area contributed by atoms with Crippen LogP contribution in [0.1, 0.15) is 167 Å². The van der Waals surface area contributed by atoms with Gasteiger partial charge in [-0.25, -0.2) is 0 Å². The second kappa shape index (κ2) is 18.9. The van der Waals surface area contributed by atoms with Gasteiger partial charge in [0.1, 0.15) is 5.76 Å². The number of ether oxygens (including phenoxy) is 1. The van der Waals surface area contributed by atoms with Crippen molar-refractivity contribution in [1.82, 2.24) is 0 Å². The molecule has 2 heteroatoms. The van der Waals surface area contributed by atoms with Crippen molar-refractivity contribution < 1.29 is 9.53 Å². The summed E-state index contributed by atoms with van der Waals surface area (Å²) in [6.45, 7) is 0. The molecule has 0 aromatic rings. The molecule has 0 spiro atoms. The zero-order valence-corrected chi connectivity index (χ0v) is 23.5. The first-order valence-electron chi connectivity index (χ1n) is 16.1. The lowest BCUT2D eigenvalue weighted by molar-refractivity contribution is -0.140. The topological polar surface area (TPSA) is 26.3 Å². The highest BCUT2D eigenvalue weighted by Crippen LogP contribution is 2.35. The Balaban J connectivity index is 1.68. The van der Waals surface area contributed by atoms with Gasteiger partial charge in [-0.2, -0.15) is 0 Å². The van der Waals surface area contributed by atoms with Gasteiger partial charge in [0, 0.05) is 18.8 Å². The number of esters is 1. The van der Waals surface area contributed by atoms with Crippen molar-refractivity contribution in [2.45, 2.75) is 167 Å². The van der Waals surface area contributed by atoms with Gasteiger partial charge in [0.2, 0.25) is 0 Å². The summed E-state index contributed by atoms with van der Waals surface area (Å²) in [6, 6.07) is 0. The summed E-state index contributed by atoms with van der Waals surface area (Å²) in [6.07, 6.45) is 39.7. The molecule has 0 amide bonds. The maximum atomic E-state index is 13.1. The van der Waals surface area contributed by atoms with Gasteiger partial charge in [0.15, 0.2) is 0 Å². The fourth-order valence-electron chi connectivity index (χ4n) is 6.45. The predicted octanol–water partition coefficient (Wildman–Crippen LogP) is 11.1. The Morgan fingerprint density at radius 2 is 0.972 bits per heavy atom. The van der Waals surface area contributed by atoms with Crippen molar-refractivity contribution in [2.24, 2.45) is 5.92 Å². The van der Waals surface area contributed by atoms with Gasteiger partial charge >= 0.3 is 5.97 Å². The lowest BCUT2D eigenvalue weighted by Gasteiger charge is -2.26. The van der Waals surface area contributed by atoms with Crippen LogP contribution >= 0.6 is 0 Å². The van der Waals surface area contributed by atoms with Gasteiger partial charge < -0.3 is 4.74 Å². The van der Waals surface area contributed by atoms with E-state index in [2.05, 4.69) is 18.2 Å². The summed E-state index contributed by atoms with van der Waals surface area (Å²) < 4.78 is 5.99. The lowest BCUT2D eigenvalue weighted by atomic mass is 9.80. The average Bonchev–Trinajstić information content (AvgIpc) is 2.90. The molecule has 0 saturated carbocycles. The minimum Gasteiger partial charge on any atom is -0.431 e. The summed E-state index contributed by atoms with van der Waals surface area (Å²) in [5.74, 6) is 1.41. The van der Waals surface area contributed by atoms with E-state index in [0.29, 0.717) is 12.3 Å². The van der Waals surface area contributed by atoms with Gasteiger partial charge in [0.05, 0.1) is 0 Å². The molecule has 0 unspecified atom stereocenters. The van der Waals surface area contributed by atoms with Crippen LogP contribution in [0.5, 0.6) is 0 Å². The molecule has 0 aromatic heterocycles. The Hall–Kier alpha value is -1.31. The van der Waals surface area contributed by atoms with E-state index in [9.17, 15) is 4.79 Å². The van der Waals surface area contributed by atoms with Crippen molar-refractivity contribution in [1.29, 1.82) is 0 Å². The molecule has 0 fully saturated rings. The zero-order valence-electron chi connectivity index (χ0n) is 23.5. The van der Waals surface area contributed by atoms with Crippen LogP contribution in [-0.2, 0) is 9.53 Å². The maximum absolute atomic E-state index is 13.1. The van der Waals surface area contributed by atoms with Crippen LogP contribution in [0.3, 0.4) is 0 Å². The zero-order chi connectivity index (χ0) is 25.1. The maximum Gasteiger partial charge on any atom is 0.310 e. The van der Waals surface area contributed by atoms with E-state index in [4.69, 9.17) is 4.74 Å². The first-order chi connectivity index (χ1) is 17.8. The molecule has 3 aliphatic carbocycles. The van der Waals surface area contributed by atoms with E-state index in [-0.39, 0.29) is 5.97 Å². The van der Waals surface area contributed by atoms with Crippen molar-refractivity contribution in [3.63, 3.8) is 0 Å². The van der Waals surface area contributed by atoms with Gasteiger partial charge in [-0.05, 0) is 83.1 Å². The highest BCUT2D eigenvalue weighted by Gasteiger charge is 2.22. The van der Waals surface area contributed by atoms with Crippen LogP contribution in [0, 0.1) is 5.92 Å². The molecule has 0 N–H and O–H groups in total. The monoisotopic (exact) mass is 496 g/mol. The SMILES string of the molecule is O=C(CCC(C1=CCCCCCCCC1)C1=CCCCCCCCC1)OC1=CCCCCCCCC1. The van der Waals surface area contributed by atoms with Gasteiger partial charge in [-0.15, -0.1) is 0 Å². The molecule has 0 saturated heterocycles. The van der Waals surface area contributed by atoms with Crippen LogP contribution in [0.4, 0.5) is 0 Å². The third kappa shape index (κ3) is 12.3. The summed E-state index contributed by atoms with van der Waals surface area (Å²) in [5.41, 5.74) is 3.29. The molecule has 0 atom stereocenters. The van der Waals surface area contributed by atoms with E-state index >= 15 is 0 Å². The van der Waals surface area contributed by atoms with E-state index in [1.807, 2.05) is 0 Å². The van der Waals surface area contributed by atoms with Crippen LogP contribution in [0.2, 0.25) is 0 Å². The molecule has 0 aliphatic heterocycles. The Labute approximate surface area is 223 Å². The molecule has 3 rings (SSSR count). The lowest BCUT2D eigenvalue weighted by Crippen LogP contribution is -2.14. The predicted molar refractivity (Wildman–Crippen MR) is 154 cm³/mol. The van der Waals surface area contributed by atoms with Crippen LogP contribution in [0.15, 0.2) is 35.1 Å². The third-order valence-corrected chi connectivity index (χ3v) is 8.68. The second-order valence-electron chi connectivity index (χ2n) is 11.8. The van der Waals surface area contributed by atoms with Gasteiger partial charge in [-0.1, -0.05) is 100 Å². The molecule has 0 radical (unpaired) electrons.